The molecule has 0 heterocycles. The Kier molecular flexibility index (Phi) is 5.60. The van der Waals surface area contributed by atoms with Gasteiger partial charge in [-0.15, -0.1) is 0 Å². The molecule has 26 heavy (non-hydrogen) atoms. The Morgan fingerprint density at radius 1 is 1.19 bits per heavy atom. The van der Waals surface area contributed by atoms with E-state index >= 15 is 0 Å². The van der Waals surface area contributed by atoms with Crippen LogP contribution in [0.4, 0.5) is 11.4 Å². The molecule has 2 rings (SSSR count). The number of rotatable bonds is 6. The molecule has 0 bridgehead atoms. The van der Waals surface area contributed by atoms with Crippen molar-refractivity contribution in [3.05, 3.63) is 44.0 Å². The normalized spacial score (nSPS) is 20.2. The van der Waals surface area contributed by atoms with Crippen molar-refractivity contribution >= 4 is 17.3 Å². The van der Waals surface area contributed by atoms with E-state index in [0.29, 0.717) is 6.04 Å². The highest BCUT2D eigenvalue weighted by Gasteiger charge is 2.45. The Morgan fingerprint density at radius 3 is 2.38 bits per heavy atom. The molecule has 1 aliphatic rings. The molecule has 0 unspecified atom stereocenters. The highest BCUT2D eigenvalue weighted by atomic mass is 16.6. The molecule has 9 heteroatoms. The minimum Gasteiger partial charge on any atom is -0.455 e. The van der Waals surface area contributed by atoms with Gasteiger partial charge >= 0.3 is 5.97 Å². The van der Waals surface area contributed by atoms with Crippen molar-refractivity contribution in [2.75, 3.05) is 14.1 Å². The molecular formula is C17H24N3O6+. The summed E-state index contributed by atoms with van der Waals surface area (Å²) in [5.74, 6) is -0.704. The molecule has 1 aliphatic carbocycles. The minimum absolute atomic E-state index is 0.133. The number of ether oxygens (including phenoxy) is 1. The first kappa shape index (κ1) is 19.8. The molecule has 2 atom stereocenters. The quantitative estimate of drug-likeness (QED) is 0.466. The molecule has 1 aromatic rings. The highest BCUT2D eigenvalue weighted by Crippen LogP contribution is 2.36. The van der Waals surface area contributed by atoms with E-state index in [-0.39, 0.29) is 11.5 Å². The van der Waals surface area contributed by atoms with Crippen LogP contribution in [0, 0.1) is 26.1 Å². The molecule has 1 aromatic carbocycles. The molecule has 0 radical (unpaired) electrons. The summed E-state index contributed by atoms with van der Waals surface area (Å²) in [4.78, 5) is 34.4. The number of nitrogens with one attached hydrogen (secondary N) is 1. The van der Waals surface area contributed by atoms with E-state index in [9.17, 15) is 25.0 Å². The summed E-state index contributed by atoms with van der Waals surface area (Å²) >= 11 is 0. The number of non-ortho nitro benzene ring substituents is 1. The van der Waals surface area contributed by atoms with Crippen molar-refractivity contribution in [3.8, 4) is 0 Å². The lowest BCUT2D eigenvalue weighted by Gasteiger charge is -2.35. The highest BCUT2D eigenvalue weighted by molar-refractivity contribution is 5.94. The minimum atomic E-state index is -0.837. The molecule has 1 N–H and O–H groups in total. The predicted octanol–water partition coefficient (Wildman–Crippen LogP) is 1.75. The third-order valence-electron chi connectivity index (χ3n) is 5.11. The summed E-state index contributed by atoms with van der Waals surface area (Å²) in [6.45, 7) is 3.63. The fourth-order valence-corrected chi connectivity index (χ4v) is 3.81. The van der Waals surface area contributed by atoms with Crippen molar-refractivity contribution in [2.24, 2.45) is 5.92 Å². The van der Waals surface area contributed by atoms with Crippen molar-refractivity contribution in [1.82, 2.24) is 0 Å². The van der Waals surface area contributed by atoms with Crippen LogP contribution in [0.25, 0.3) is 0 Å². The zero-order chi connectivity index (χ0) is 19.6. The predicted molar refractivity (Wildman–Crippen MR) is 93.2 cm³/mol. The molecule has 0 amide bonds. The van der Waals surface area contributed by atoms with Gasteiger partial charge in [0.2, 0.25) is 0 Å². The van der Waals surface area contributed by atoms with Crippen molar-refractivity contribution in [1.29, 1.82) is 0 Å². The molecule has 1 fully saturated rings. The van der Waals surface area contributed by atoms with Crippen LogP contribution in [0.5, 0.6) is 0 Å². The summed E-state index contributed by atoms with van der Waals surface area (Å²) in [6, 6.07) is 3.27. The second-order valence-electron chi connectivity index (χ2n) is 7.43. The standard InChI is InChI=1S/C17H23N3O6/c1-17(2,13-6-5-7-14(13)18(3)4)26-16(21)12-9-8-11(19(22)23)10-15(12)20(24)25/h8-10,13-14H,5-7H2,1-4H3/p+1/t13-,14-/m0/s1. The Labute approximate surface area is 151 Å². The van der Waals surface area contributed by atoms with Crippen LogP contribution in [0.3, 0.4) is 0 Å². The van der Waals surface area contributed by atoms with E-state index in [0.717, 1.165) is 37.5 Å². The monoisotopic (exact) mass is 366 g/mol. The lowest BCUT2D eigenvalue weighted by atomic mass is 9.85. The van der Waals surface area contributed by atoms with Gasteiger partial charge in [0.25, 0.3) is 11.4 Å². The Hall–Kier alpha value is -2.55. The molecular weight excluding hydrogens is 342 g/mol. The zero-order valence-electron chi connectivity index (χ0n) is 15.4. The molecule has 0 saturated heterocycles. The van der Waals surface area contributed by atoms with Gasteiger partial charge in [0.15, 0.2) is 0 Å². The molecule has 9 nitrogen and oxygen atoms in total. The van der Waals surface area contributed by atoms with Crippen LogP contribution in [0.15, 0.2) is 18.2 Å². The number of quaternary nitrogens is 1. The second-order valence-corrected chi connectivity index (χ2v) is 7.43. The largest absolute Gasteiger partial charge is 0.455 e. The topological polar surface area (TPSA) is 117 Å². The molecule has 0 aliphatic heterocycles. The van der Waals surface area contributed by atoms with Crippen LogP contribution in [-0.2, 0) is 4.74 Å². The second kappa shape index (κ2) is 7.36. The number of nitro groups is 2. The van der Waals surface area contributed by atoms with Gasteiger partial charge in [-0.25, -0.2) is 4.79 Å². The Balaban J connectivity index is 2.29. The van der Waals surface area contributed by atoms with Gasteiger partial charge in [0, 0.05) is 6.07 Å². The number of benzene rings is 1. The first-order valence-corrected chi connectivity index (χ1v) is 8.51. The lowest BCUT2D eigenvalue weighted by Crippen LogP contribution is -3.11. The third kappa shape index (κ3) is 3.98. The molecule has 0 aromatic heterocycles. The molecule has 1 saturated carbocycles. The summed E-state index contributed by atoms with van der Waals surface area (Å²) in [6.07, 6.45) is 2.99. The van der Waals surface area contributed by atoms with E-state index in [1.165, 1.54) is 4.90 Å². The van der Waals surface area contributed by atoms with E-state index in [1.54, 1.807) is 0 Å². The maximum absolute atomic E-state index is 12.6. The molecule has 0 spiro atoms. The maximum atomic E-state index is 12.6. The van der Waals surface area contributed by atoms with Gasteiger partial charge in [-0.05, 0) is 39.2 Å². The number of carbonyl (C=O) groups is 1. The maximum Gasteiger partial charge on any atom is 0.345 e. The van der Waals surface area contributed by atoms with Gasteiger partial charge < -0.3 is 9.64 Å². The SMILES string of the molecule is C[NH+](C)[C@H]1CCC[C@@H]1C(C)(C)OC(=O)c1ccc([N+](=O)[O-])cc1[N+](=O)[O-]. The van der Waals surface area contributed by atoms with Gasteiger partial charge in [-0.2, -0.15) is 0 Å². The van der Waals surface area contributed by atoms with E-state index < -0.39 is 32.8 Å². The van der Waals surface area contributed by atoms with Crippen molar-refractivity contribution < 1.29 is 24.3 Å². The van der Waals surface area contributed by atoms with Crippen LogP contribution in [0.1, 0.15) is 43.5 Å². The van der Waals surface area contributed by atoms with E-state index in [4.69, 9.17) is 4.74 Å². The lowest BCUT2D eigenvalue weighted by molar-refractivity contribution is -0.889. The summed E-state index contributed by atoms with van der Waals surface area (Å²) < 4.78 is 5.65. The van der Waals surface area contributed by atoms with Crippen LogP contribution in [0.2, 0.25) is 0 Å². The Bertz CT molecular complexity index is 731. The van der Waals surface area contributed by atoms with Crippen LogP contribution >= 0.6 is 0 Å². The first-order valence-electron chi connectivity index (χ1n) is 8.51. The van der Waals surface area contributed by atoms with Gasteiger partial charge in [-0.1, -0.05) is 0 Å². The van der Waals surface area contributed by atoms with Gasteiger partial charge in [0.05, 0.1) is 42.0 Å². The average Bonchev–Trinajstić information content (AvgIpc) is 3.04. The summed E-state index contributed by atoms with van der Waals surface area (Å²) in [5.41, 5.74) is -2.15. The van der Waals surface area contributed by atoms with Gasteiger partial charge in [0.1, 0.15) is 11.2 Å². The number of esters is 1. The summed E-state index contributed by atoms with van der Waals surface area (Å²) in [5, 5.41) is 22.1. The fraction of sp³-hybridized carbons (Fsp3) is 0.588. The van der Waals surface area contributed by atoms with Gasteiger partial charge in [-0.3, -0.25) is 20.2 Å². The number of hydrogen-bond acceptors (Lipinski definition) is 6. The summed E-state index contributed by atoms with van der Waals surface area (Å²) in [7, 11) is 4.12. The Morgan fingerprint density at radius 2 is 1.85 bits per heavy atom. The smallest absolute Gasteiger partial charge is 0.345 e. The van der Waals surface area contributed by atoms with E-state index in [2.05, 4.69) is 14.1 Å². The van der Waals surface area contributed by atoms with Crippen LogP contribution in [-0.4, -0.2) is 41.6 Å². The number of nitro benzene ring substituents is 2. The average molecular weight is 366 g/mol. The number of carbonyl (C=O) groups excluding carboxylic acids is 1. The van der Waals surface area contributed by atoms with Crippen molar-refractivity contribution in [2.45, 2.75) is 44.8 Å². The molecule has 142 valence electrons. The number of nitrogens with zero attached hydrogens (tertiary/aromatic N) is 2. The zero-order valence-corrected chi connectivity index (χ0v) is 15.4. The van der Waals surface area contributed by atoms with Crippen molar-refractivity contribution in [3.63, 3.8) is 0 Å². The van der Waals surface area contributed by atoms with E-state index in [1.807, 2.05) is 13.8 Å². The fourth-order valence-electron chi connectivity index (χ4n) is 3.81. The van der Waals surface area contributed by atoms with Crippen LogP contribution < -0.4 is 4.90 Å². The third-order valence-corrected chi connectivity index (χ3v) is 5.11. The number of hydrogen-bond donors (Lipinski definition) is 1. The first-order chi connectivity index (χ1) is 12.0.